The van der Waals surface area contributed by atoms with Gasteiger partial charge in [-0.2, -0.15) is 13.2 Å². The van der Waals surface area contributed by atoms with Crippen molar-refractivity contribution in [1.82, 2.24) is 15.2 Å². The van der Waals surface area contributed by atoms with Gasteiger partial charge in [0, 0.05) is 37.8 Å². The Balaban J connectivity index is 2.11. The van der Waals surface area contributed by atoms with Crippen LogP contribution in [0.1, 0.15) is 29.8 Å². The number of ether oxygens (including phenoxy) is 1. The molecule has 0 fully saturated rings. The summed E-state index contributed by atoms with van der Waals surface area (Å²) in [5, 5.41) is 2.54. The SMILES string of the molecule is CCOc1cc(=O)[nH]cc1-c1ccc(N(C(C)=O)c2ccc(C(F)(F)F)cc2C(=O)NCCN(C)C)c(F)c1. The number of hydrogen-bond donors (Lipinski definition) is 2. The summed E-state index contributed by atoms with van der Waals surface area (Å²) in [4.78, 5) is 42.5. The lowest BCUT2D eigenvalue weighted by molar-refractivity contribution is -0.137. The highest BCUT2D eigenvalue weighted by Gasteiger charge is 2.33. The first-order valence-corrected chi connectivity index (χ1v) is 11.9. The van der Waals surface area contributed by atoms with Crippen molar-refractivity contribution in [2.45, 2.75) is 20.0 Å². The quantitative estimate of drug-likeness (QED) is 0.382. The predicted octanol–water partition coefficient (Wildman–Crippen LogP) is 4.57. The number of alkyl halides is 3. The van der Waals surface area contributed by atoms with Crippen LogP contribution in [0.25, 0.3) is 11.1 Å². The van der Waals surface area contributed by atoms with Crippen LogP contribution in [0, 0.1) is 5.82 Å². The fourth-order valence-electron chi connectivity index (χ4n) is 3.86. The van der Waals surface area contributed by atoms with Crippen molar-refractivity contribution in [3.63, 3.8) is 0 Å². The Hall–Kier alpha value is -4.19. The lowest BCUT2D eigenvalue weighted by Crippen LogP contribution is -2.33. The average molecular weight is 549 g/mol. The van der Waals surface area contributed by atoms with E-state index in [1.165, 1.54) is 24.4 Å². The number of rotatable bonds is 9. The summed E-state index contributed by atoms with van der Waals surface area (Å²) in [6, 6.07) is 7.37. The van der Waals surface area contributed by atoms with Gasteiger partial charge in [0.15, 0.2) is 0 Å². The molecule has 3 rings (SSSR count). The third-order valence-electron chi connectivity index (χ3n) is 5.65. The van der Waals surface area contributed by atoms with Crippen molar-refractivity contribution >= 4 is 23.2 Å². The van der Waals surface area contributed by atoms with E-state index in [1.54, 1.807) is 25.9 Å². The molecule has 0 atom stereocenters. The molecule has 39 heavy (non-hydrogen) atoms. The minimum atomic E-state index is -4.75. The molecule has 3 aromatic rings. The molecule has 2 amide bonds. The normalized spacial score (nSPS) is 11.4. The van der Waals surface area contributed by atoms with Crippen molar-refractivity contribution in [2.24, 2.45) is 0 Å². The van der Waals surface area contributed by atoms with E-state index in [-0.39, 0.29) is 30.3 Å². The number of benzene rings is 2. The third kappa shape index (κ3) is 7.02. The first-order chi connectivity index (χ1) is 18.3. The van der Waals surface area contributed by atoms with Gasteiger partial charge in [-0.05, 0) is 56.9 Å². The zero-order valence-corrected chi connectivity index (χ0v) is 21.8. The highest BCUT2D eigenvalue weighted by Crippen LogP contribution is 2.38. The number of aromatic amines is 1. The van der Waals surface area contributed by atoms with E-state index in [9.17, 15) is 27.6 Å². The second-order valence-corrected chi connectivity index (χ2v) is 8.82. The van der Waals surface area contributed by atoms with E-state index >= 15 is 4.39 Å². The number of amides is 2. The average Bonchev–Trinajstić information content (AvgIpc) is 2.84. The fraction of sp³-hybridized carbons (Fsp3) is 0.296. The van der Waals surface area contributed by atoms with Gasteiger partial charge in [-0.1, -0.05) is 6.07 Å². The van der Waals surface area contributed by atoms with Gasteiger partial charge in [0.1, 0.15) is 11.6 Å². The Labute approximate surface area is 222 Å². The smallest absolute Gasteiger partial charge is 0.416 e. The van der Waals surface area contributed by atoms with Crippen LogP contribution in [0.15, 0.2) is 53.5 Å². The Bertz CT molecular complexity index is 1420. The molecular formula is C27H28F4N4O4. The lowest BCUT2D eigenvalue weighted by atomic mass is 10.0. The molecule has 1 heterocycles. The Morgan fingerprint density at radius 2 is 1.74 bits per heavy atom. The first kappa shape index (κ1) is 29.4. The van der Waals surface area contributed by atoms with E-state index < -0.39 is 40.5 Å². The van der Waals surface area contributed by atoms with E-state index in [1.807, 2.05) is 0 Å². The number of pyridine rings is 1. The molecule has 0 unspecified atom stereocenters. The van der Waals surface area contributed by atoms with Gasteiger partial charge < -0.3 is 19.9 Å². The van der Waals surface area contributed by atoms with Gasteiger partial charge in [0.2, 0.25) is 5.91 Å². The summed E-state index contributed by atoms with van der Waals surface area (Å²) in [6.07, 6.45) is -3.39. The highest BCUT2D eigenvalue weighted by atomic mass is 19.4. The molecule has 8 nitrogen and oxygen atoms in total. The number of carbonyl (C=O) groups is 2. The number of carbonyl (C=O) groups excluding carboxylic acids is 2. The van der Waals surface area contributed by atoms with Crippen LogP contribution in [0.5, 0.6) is 5.75 Å². The maximum atomic E-state index is 15.5. The molecule has 1 aromatic heterocycles. The molecule has 2 N–H and O–H groups in total. The van der Waals surface area contributed by atoms with E-state index in [4.69, 9.17) is 4.74 Å². The molecule has 0 aliphatic heterocycles. The number of halogens is 4. The number of likely N-dealkylation sites (N-methyl/N-ethyl adjacent to an activating group) is 1. The predicted molar refractivity (Wildman–Crippen MR) is 139 cm³/mol. The van der Waals surface area contributed by atoms with Gasteiger partial charge in [-0.15, -0.1) is 0 Å². The van der Waals surface area contributed by atoms with Crippen molar-refractivity contribution in [3.8, 4) is 16.9 Å². The number of anilines is 2. The number of aromatic nitrogens is 1. The van der Waals surface area contributed by atoms with Crippen LogP contribution in [-0.2, 0) is 11.0 Å². The monoisotopic (exact) mass is 548 g/mol. The van der Waals surface area contributed by atoms with Crippen LogP contribution < -0.4 is 20.5 Å². The van der Waals surface area contributed by atoms with Crippen LogP contribution in [-0.4, -0.2) is 55.5 Å². The second kappa shape index (κ2) is 12.1. The number of nitrogens with zero attached hydrogens (tertiary/aromatic N) is 2. The molecule has 0 aliphatic rings. The summed E-state index contributed by atoms with van der Waals surface area (Å²) in [7, 11) is 3.52. The zero-order valence-electron chi connectivity index (χ0n) is 21.8. The van der Waals surface area contributed by atoms with Crippen molar-refractivity contribution < 1.29 is 31.9 Å². The fourth-order valence-corrected chi connectivity index (χ4v) is 3.86. The van der Waals surface area contributed by atoms with Gasteiger partial charge >= 0.3 is 6.18 Å². The molecule has 0 saturated heterocycles. The van der Waals surface area contributed by atoms with Gasteiger partial charge in [0.05, 0.1) is 29.1 Å². The van der Waals surface area contributed by atoms with E-state index in [0.717, 1.165) is 30.0 Å². The number of nitrogens with one attached hydrogen (secondary N) is 2. The van der Waals surface area contributed by atoms with Gasteiger partial charge in [0.25, 0.3) is 11.5 Å². The molecule has 2 aromatic carbocycles. The maximum Gasteiger partial charge on any atom is 0.416 e. The molecule has 0 saturated carbocycles. The topological polar surface area (TPSA) is 94.7 Å². The molecular weight excluding hydrogens is 520 g/mol. The standard InChI is InChI=1S/C27H28F4N4O4/c1-5-39-24-14-25(37)33-15-20(24)17-6-8-23(21(28)12-17)35(16(2)36)22-9-7-18(27(29,30)31)13-19(22)26(38)32-10-11-34(3)4/h6-9,12-15H,5,10-11H2,1-4H3,(H,32,38)(H,33,37). The minimum absolute atomic E-state index is 0.131. The first-order valence-electron chi connectivity index (χ1n) is 11.9. The summed E-state index contributed by atoms with van der Waals surface area (Å²) in [5.74, 6) is -2.26. The van der Waals surface area contributed by atoms with Gasteiger partial charge in [-0.3, -0.25) is 19.3 Å². The van der Waals surface area contributed by atoms with E-state index in [0.29, 0.717) is 23.7 Å². The van der Waals surface area contributed by atoms with Gasteiger partial charge in [-0.25, -0.2) is 4.39 Å². The lowest BCUT2D eigenvalue weighted by Gasteiger charge is -2.25. The summed E-state index contributed by atoms with van der Waals surface area (Å²) in [6.45, 7) is 3.63. The molecule has 12 heteroatoms. The van der Waals surface area contributed by atoms with Crippen LogP contribution in [0.3, 0.4) is 0 Å². The Morgan fingerprint density at radius 1 is 1.05 bits per heavy atom. The Morgan fingerprint density at radius 3 is 2.33 bits per heavy atom. The summed E-state index contributed by atoms with van der Waals surface area (Å²) >= 11 is 0. The second-order valence-electron chi connectivity index (χ2n) is 8.82. The van der Waals surface area contributed by atoms with E-state index in [2.05, 4.69) is 10.3 Å². The van der Waals surface area contributed by atoms with Crippen molar-refractivity contribution in [3.05, 3.63) is 76.0 Å². The minimum Gasteiger partial charge on any atom is -0.493 e. The zero-order chi connectivity index (χ0) is 28.9. The molecule has 0 aliphatic carbocycles. The highest BCUT2D eigenvalue weighted by molar-refractivity contribution is 6.08. The molecule has 0 spiro atoms. The molecule has 0 radical (unpaired) electrons. The third-order valence-corrected chi connectivity index (χ3v) is 5.65. The number of H-pyrrole nitrogens is 1. The largest absolute Gasteiger partial charge is 0.493 e. The molecule has 0 bridgehead atoms. The van der Waals surface area contributed by atoms with Crippen molar-refractivity contribution in [2.75, 3.05) is 38.7 Å². The Kier molecular flexibility index (Phi) is 9.12. The number of hydrogen-bond acceptors (Lipinski definition) is 5. The summed E-state index contributed by atoms with van der Waals surface area (Å²) < 4.78 is 61.4. The van der Waals surface area contributed by atoms with Crippen molar-refractivity contribution in [1.29, 1.82) is 0 Å². The maximum absolute atomic E-state index is 15.5. The van der Waals surface area contributed by atoms with Crippen LogP contribution in [0.4, 0.5) is 28.9 Å². The van der Waals surface area contributed by atoms with Crippen LogP contribution in [0.2, 0.25) is 0 Å². The van der Waals surface area contributed by atoms with Crippen LogP contribution >= 0.6 is 0 Å². The molecule has 208 valence electrons. The summed E-state index contributed by atoms with van der Waals surface area (Å²) in [5.41, 5.74) is -1.76.